The number of ether oxygens (including phenoxy) is 1. The summed E-state index contributed by atoms with van der Waals surface area (Å²) in [5.41, 5.74) is -0.305. The molecule has 3 rings (SSSR count). The number of hydrogen-bond donors (Lipinski definition) is 1. The van der Waals surface area contributed by atoms with Crippen molar-refractivity contribution in [3.8, 4) is 0 Å². The lowest BCUT2D eigenvalue weighted by Crippen LogP contribution is -2.44. The minimum Gasteiger partial charge on any atom is -0.380 e. The van der Waals surface area contributed by atoms with Gasteiger partial charge in [-0.2, -0.15) is 0 Å². The minimum absolute atomic E-state index is 0.0288. The van der Waals surface area contributed by atoms with Gasteiger partial charge in [-0.1, -0.05) is 18.9 Å². The normalized spacial score (nSPS) is 24.9. The van der Waals surface area contributed by atoms with Gasteiger partial charge in [0.2, 0.25) is 5.91 Å². The minimum atomic E-state index is -0.305. The third-order valence-corrected chi connectivity index (χ3v) is 5.27. The van der Waals surface area contributed by atoms with E-state index in [4.69, 9.17) is 4.74 Å². The molecule has 1 saturated heterocycles. The number of nitrogens with zero attached hydrogens (tertiary/aromatic N) is 1. The quantitative estimate of drug-likeness (QED) is 0.849. The van der Waals surface area contributed by atoms with Crippen LogP contribution in [0.5, 0.6) is 0 Å². The molecule has 5 heteroatoms. The van der Waals surface area contributed by atoms with Crippen molar-refractivity contribution >= 4 is 17.2 Å². The Morgan fingerprint density at radius 1 is 1.50 bits per heavy atom. The van der Waals surface area contributed by atoms with Crippen molar-refractivity contribution in [1.29, 1.82) is 0 Å². The molecule has 1 atom stereocenters. The fraction of sp³-hybridized carbons (Fsp3) is 0.667. The lowest BCUT2D eigenvalue weighted by molar-refractivity contribution is -0.133. The second kappa shape index (κ2) is 5.84. The standard InChI is InChI=1S/C15H22N2O2S/c1-2-19-10-9-17-13(12-6-5-11-20-12)16-15(14(17)18)7-3-4-8-15/h5-6,11,13,16H,2-4,7-10H2,1H3. The molecule has 1 unspecified atom stereocenters. The first-order valence-electron chi connectivity index (χ1n) is 7.47. The lowest BCUT2D eigenvalue weighted by atomic mass is 9.98. The van der Waals surface area contributed by atoms with E-state index in [1.54, 1.807) is 11.3 Å². The zero-order valence-corrected chi connectivity index (χ0v) is 12.7. The summed E-state index contributed by atoms with van der Waals surface area (Å²) in [6.07, 6.45) is 4.27. The molecule has 1 spiro atoms. The summed E-state index contributed by atoms with van der Waals surface area (Å²) < 4.78 is 5.44. The zero-order chi connectivity index (χ0) is 14.0. The first-order chi connectivity index (χ1) is 9.77. The molecule has 2 aliphatic rings. The summed E-state index contributed by atoms with van der Waals surface area (Å²) >= 11 is 1.71. The SMILES string of the molecule is CCOCCN1C(=O)C2(CCCC2)NC1c1cccs1. The monoisotopic (exact) mass is 294 g/mol. The summed E-state index contributed by atoms with van der Waals surface area (Å²) in [6.45, 7) is 3.97. The Labute approximate surface area is 124 Å². The molecule has 0 bridgehead atoms. The third kappa shape index (κ3) is 2.38. The summed E-state index contributed by atoms with van der Waals surface area (Å²) in [4.78, 5) is 16.0. The highest BCUT2D eigenvalue weighted by molar-refractivity contribution is 7.10. The Bertz CT molecular complexity index is 454. The Morgan fingerprint density at radius 2 is 2.30 bits per heavy atom. The molecule has 1 amide bonds. The van der Waals surface area contributed by atoms with Crippen molar-refractivity contribution in [1.82, 2.24) is 10.2 Å². The van der Waals surface area contributed by atoms with E-state index < -0.39 is 0 Å². The van der Waals surface area contributed by atoms with Crippen LogP contribution in [0.2, 0.25) is 0 Å². The maximum Gasteiger partial charge on any atom is 0.244 e. The first-order valence-corrected chi connectivity index (χ1v) is 8.35. The van der Waals surface area contributed by atoms with Gasteiger partial charge in [0.15, 0.2) is 0 Å². The van der Waals surface area contributed by atoms with Crippen molar-refractivity contribution in [3.63, 3.8) is 0 Å². The highest BCUT2D eigenvalue weighted by Crippen LogP contribution is 2.41. The van der Waals surface area contributed by atoms with E-state index in [2.05, 4.69) is 16.8 Å². The highest BCUT2D eigenvalue weighted by Gasteiger charge is 2.52. The van der Waals surface area contributed by atoms with Crippen LogP contribution >= 0.6 is 11.3 Å². The van der Waals surface area contributed by atoms with Crippen LogP contribution in [0.15, 0.2) is 17.5 Å². The van der Waals surface area contributed by atoms with Crippen molar-refractivity contribution < 1.29 is 9.53 Å². The Balaban J connectivity index is 1.80. The van der Waals surface area contributed by atoms with Crippen LogP contribution in [-0.2, 0) is 9.53 Å². The van der Waals surface area contributed by atoms with Gasteiger partial charge in [0.25, 0.3) is 0 Å². The Kier molecular flexibility index (Phi) is 4.10. The summed E-state index contributed by atoms with van der Waals surface area (Å²) in [6, 6.07) is 4.16. The molecule has 1 aromatic heterocycles. The molecule has 20 heavy (non-hydrogen) atoms. The molecule has 1 aliphatic carbocycles. The van der Waals surface area contributed by atoms with Gasteiger partial charge in [0, 0.05) is 18.0 Å². The van der Waals surface area contributed by atoms with Gasteiger partial charge < -0.3 is 9.64 Å². The highest BCUT2D eigenvalue weighted by atomic mass is 32.1. The summed E-state index contributed by atoms with van der Waals surface area (Å²) in [5, 5.41) is 5.70. The van der Waals surface area contributed by atoms with E-state index in [-0.39, 0.29) is 17.6 Å². The molecular formula is C15H22N2O2S. The number of nitrogens with one attached hydrogen (secondary N) is 1. The summed E-state index contributed by atoms with van der Waals surface area (Å²) in [5.74, 6) is 0.271. The number of rotatable bonds is 5. The average Bonchev–Trinajstić information content (AvgIpc) is 3.16. The summed E-state index contributed by atoms with van der Waals surface area (Å²) in [7, 11) is 0. The van der Waals surface area contributed by atoms with Crippen LogP contribution in [-0.4, -0.2) is 36.1 Å². The van der Waals surface area contributed by atoms with E-state index in [1.807, 2.05) is 17.9 Å². The predicted octanol–water partition coefficient (Wildman–Crippen LogP) is 2.53. The van der Waals surface area contributed by atoms with Gasteiger partial charge in [-0.05, 0) is 31.2 Å². The van der Waals surface area contributed by atoms with E-state index in [0.29, 0.717) is 19.8 Å². The molecule has 1 aliphatic heterocycles. The molecule has 110 valence electrons. The molecular weight excluding hydrogens is 272 g/mol. The van der Waals surface area contributed by atoms with Gasteiger partial charge in [-0.15, -0.1) is 11.3 Å². The van der Waals surface area contributed by atoms with Gasteiger partial charge in [-0.3, -0.25) is 10.1 Å². The van der Waals surface area contributed by atoms with E-state index in [9.17, 15) is 4.79 Å². The van der Waals surface area contributed by atoms with Crippen molar-refractivity contribution in [2.24, 2.45) is 0 Å². The van der Waals surface area contributed by atoms with Gasteiger partial charge in [0.05, 0.1) is 12.1 Å². The number of amides is 1. The second-order valence-electron chi connectivity index (χ2n) is 5.55. The Morgan fingerprint density at radius 3 is 2.95 bits per heavy atom. The lowest BCUT2D eigenvalue weighted by Gasteiger charge is -2.23. The average molecular weight is 294 g/mol. The molecule has 2 heterocycles. The largest absolute Gasteiger partial charge is 0.380 e. The van der Waals surface area contributed by atoms with E-state index >= 15 is 0 Å². The third-order valence-electron chi connectivity index (χ3n) is 4.35. The van der Waals surface area contributed by atoms with E-state index in [0.717, 1.165) is 25.7 Å². The smallest absolute Gasteiger partial charge is 0.244 e. The van der Waals surface area contributed by atoms with Gasteiger partial charge in [-0.25, -0.2) is 0 Å². The molecule has 1 N–H and O–H groups in total. The molecule has 1 saturated carbocycles. The molecule has 4 nitrogen and oxygen atoms in total. The molecule has 0 aromatic carbocycles. The van der Waals surface area contributed by atoms with Crippen molar-refractivity contribution in [3.05, 3.63) is 22.4 Å². The maximum atomic E-state index is 12.8. The van der Waals surface area contributed by atoms with Crippen LogP contribution in [0.3, 0.4) is 0 Å². The van der Waals surface area contributed by atoms with Gasteiger partial charge in [0.1, 0.15) is 6.17 Å². The number of carbonyl (C=O) groups is 1. The topological polar surface area (TPSA) is 41.6 Å². The van der Waals surface area contributed by atoms with E-state index in [1.165, 1.54) is 4.88 Å². The molecule has 0 radical (unpaired) electrons. The zero-order valence-electron chi connectivity index (χ0n) is 11.9. The molecule has 1 aromatic rings. The van der Waals surface area contributed by atoms with Gasteiger partial charge >= 0.3 is 0 Å². The number of hydrogen-bond acceptors (Lipinski definition) is 4. The van der Waals surface area contributed by atoms with Crippen molar-refractivity contribution in [2.45, 2.75) is 44.3 Å². The van der Waals surface area contributed by atoms with Crippen LogP contribution < -0.4 is 5.32 Å². The Hall–Kier alpha value is -0.910. The second-order valence-corrected chi connectivity index (χ2v) is 6.53. The van der Waals surface area contributed by atoms with Crippen LogP contribution in [0, 0.1) is 0 Å². The van der Waals surface area contributed by atoms with Crippen molar-refractivity contribution in [2.75, 3.05) is 19.8 Å². The fourth-order valence-corrected chi connectivity index (χ4v) is 4.13. The van der Waals surface area contributed by atoms with Crippen LogP contribution in [0.1, 0.15) is 43.6 Å². The fourth-order valence-electron chi connectivity index (χ4n) is 3.34. The van der Waals surface area contributed by atoms with Crippen LogP contribution in [0.25, 0.3) is 0 Å². The first kappa shape index (κ1) is 14.0. The molecule has 2 fully saturated rings. The number of carbonyl (C=O) groups excluding carboxylic acids is 1. The maximum absolute atomic E-state index is 12.8. The predicted molar refractivity (Wildman–Crippen MR) is 79.6 cm³/mol. The van der Waals surface area contributed by atoms with Crippen LogP contribution in [0.4, 0.5) is 0 Å². The number of thiophene rings is 1.